The summed E-state index contributed by atoms with van der Waals surface area (Å²) in [6.45, 7) is -0.00369. The van der Waals surface area contributed by atoms with Crippen molar-refractivity contribution in [3.05, 3.63) is 17.7 Å². The molecule has 0 aliphatic heterocycles. The SMILES string of the molecule is COc1cc(CNC(=O)COC(=O)C2CCCCC2)cc(OC)c1OC. The Morgan fingerprint density at radius 2 is 1.62 bits per heavy atom. The maximum atomic E-state index is 12.0. The topological polar surface area (TPSA) is 83.1 Å². The zero-order chi connectivity index (χ0) is 18.9. The third-order valence-corrected chi connectivity index (χ3v) is 4.50. The first-order valence-electron chi connectivity index (χ1n) is 8.81. The first-order chi connectivity index (χ1) is 12.6. The lowest BCUT2D eigenvalue weighted by Gasteiger charge is -2.19. The van der Waals surface area contributed by atoms with Crippen LogP contribution in [0.25, 0.3) is 0 Å². The average molecular weight is 365 g/mol. The molecule has 1 fully saturated rings. The minimum absolute atomic E-state index is 0.0633. The lowest BCUT2D eigenvalue weighted by atomic mass is 9.89. The van der Waals surface area contributed by atoms with E-state index >= 15 is 0 Å². The van der Waals surface area contributed by atoms with Gasteiger partial charge in [-0.25, -0.2) is 0 Å². The van der Waals surface area contributed by atoms with E-state index in [2.05, 4.69) is 5.32 Å². The van der Waals surface area contributed by atoms with Crippen molar-refractivity contribution in [3.8, 4) is 17.2 Å². The highest BCUT2D eigenvalue weighted by Crippen LogP contribution is 2.38. The Labute approximate surface area is 153 Å². The minimum Gasteiger partial charge on any atom is -0.493 e. The van der Waals surface area contributed by atoms with Crippen LogP contribution >= 0.6 is 0 Å². The summed E-state index contributed by atoms with van der Waals surface area (Å²) in [4.78, 5) is 23.9. The zero-order valence-electron chi connectivity index (χ0n) is 15.6. The van der Waals surface area contributed by atoms with E-state index in [9.17, 15) is 9.59 Å². The molecule has 0 aromatic heterocycles. The van der Waals surface area contributed by atoms with Crippen LogP contribution in [0.3, 0.4) is 0 Å². The van der Waals surface area contributed by atoms with Gasteiger partial charge in [-0.2, -0.15) is 0 Å². The van der Waals surface area contributed by atoms with Gasteiger partial charge < -0.3 is 24.3 Å². The lowest BCUT2D eigenvalue weighted by Crippen LogP contribution is -2.30. The van der Waals surface area contributed by atoms with E-state index in [0.717, 1.165) is 31.2 Å². The van der Waals surface area contributed by atoms with Crippen LogP contribution in [0.5, 0.6) is 17.2 Å². The summed E-state index contributed by atoms with van der Waals surface area (Å²) in [6, 6.07) is 3.52. The summed E-state index contributed by atoms with van der Waals surface area (Å²) in [5.74, 6) is 0.841. The van der Waals surface area contributed by atoms with E-state index in [4.69, 9.17) is 18.9 Å². The number of carbonyl (C=O) groups excluding carboxylic acids is 2. The Balaban J connectivity index is 1.85. The summed E-state index contributed by atoms with van der Waals surface area (Å²) in [6.07, 6.45) is 4.97. The number of carbonyl (C=O) groups is 2. The van der Waals surface area contributed by atoms with Gasteiger partial charge in [0.05, 0.1) is 27.2 Å². The van der Waals surface area contributed by atoms with Crippen molar-refractivity contribution in [1.82, 2.24) is 5.32 Å². The highest BCUT2D eigenvalue weighted by Gasteiger charge is 2.23. The van der Waals surface area contributed by atoms with Gasteiger partial charge in [0.2, 0.25) is 5.75 Å². The third-order valence-electron chi connectivity index (χ3n) is 4.50. The molecule has 0 spiro atoms. The molecule has 7 nitrogen and oxygen atoms in total. The van der Waals surface area contributed by atoms with Crippen LogP contribution in [0, 0.1) is 5.92 Å². The van der Waals surface area contributed by atoms with E-state index in [1.807, 2.05) is 0 Å². The van der Waals surface area contributed by atoms with Crippen LogP contribution in [0.15, 0.2) is 12.1 Å². The molecular weight excluding hydrogens is 338 g/mol. The van der Waals surface area contributed by atoms with Crippen molar-refractivity contribution in [2.75, 3.05) is 27.9 Å². The number of ether oxygens (including phenoxy) is 4. The molecule has 1 amide bonds. The highest BCUT2D eigenvalue weighted by atomic mass is 16.5. The molecule has 1 saturated carbocycles. The van der Waals surface area contributed by atoms with Crippen molar-refractivity contribution in [2.24, 2.45) is 5.92 Å². The van der Waals surface area contributed by atoms with E-state index in [0.29, 0.717) is 17.2 Å². The predicted molar refractivity (Wildman–Crippen MR) is 95.5 cm³/mol. The first kappa shape index (κ1) is 19.9. The summed E-state index contributed by atoms with van der Waals surface area (Å²) in [5, 5.41) is 2.73. The average Bonchev–Trinajstić information content (AvgIpc) is 2.69. The Kier molecular flexibility index (Phi) is 7.56. The fourth-order valence-electron chi connectivity index (χ4n) is 3.08. The second-order valence-corrected chi connectivity index (χ2v) is 6.25. The molecule has 26 heavy (non-hydrogen) atoms. The number of benzene rings is 1. The van der Waals surface area contributed by atoms with E-state index in [1.54, 1.807) is 12.1 Å². The van der Waals surface area contributed by atoms with E-state index in [-0.39, 0.29) is 30.9 Å². The monoisotopic (exact) mass is 365 g/mol. The van der Waals surface area contributed by atoms with E-state index in [1.165, 1.54) is 27.8 Å². The van der Waals surface area contributed by atoms with Crippen LogP contribution in [0.2, 0.25) is 0 Å². The molecule has 0 saturated heterocycles. The van der Waals surface area contributed by atoms with Crippen molar-refractivity contribution in [1.29, 1.82) is 0 Å². The van der Waals surface area contributed by atoms with Crippen LogP contribution in [-0.4, -0.2) is 39.8 Å². The molecule has 1 aromatic carbocycles. The molecule has 1 aliphatic carbocycles. The van der Waals surface area contributed by atoms with Gasteiger partial charge in [-0.05, 0) is 30.5 Å². The molecular formula is C19H27NO6. The number of amides is 1. The number of rotatable bonds is 8. The number of hydrogen-bond acceptors (Lipinski definition) is 6. The summed E-state index contributed by atoms with van der Waals surface area (Å²) < 4.78 is 21.0. The van der Waals surface area contributed by atoms with Crippen molar-refractivity contribution in [2.45, 2.75) is 38.6 Å². The van der Waals surface area contributed by atoms with Crippen LogP contribution < -0.4 is 19.5 Å². The van der Waals surface area contributed by atoms with Gasteiger partial charge in [0.15, 0.2) is 18.1 Å². The van der Waals surface area contributed by atoms with Crippen molar-refractivity contribution in [3.63, 3.8) is 0 Å². The molecule has 144 valence electrons. The van der Waals surface area contributed by atoms with Crippen LogP contribution in [0.4, 0.5) is 0 Å². The van der Waals surface area contributed by atoms with Crippen LogP contribution in [-0.2, 0) is 20.9 Å². The molecule has 0 bridgehead atoms. The first-order valence-corrected chi connectivity index (χ1v) is 8.81. The molecule has 0 atom stereocenters. The fraction of sp³-hybridized carbons (Fsp3) is 0.579. The van der Waals surface area contributed by atoms with E-state index < -0.39 is 0 Å². The minimum atomic E-state index is -0.345. The highest BCUT2D eigenvalue weighted by molar-refractivity contribution is 5.81. The molecule has 1 N–H and O–H groups in total. The van der Waals surface area contributed by atoms with Gasteiger partial charge in [-0.3, -0.25) is 9.59 Å². The molecule has 7 heteroatoms. The van der Waals surface area contributed by atoms with Gasteiger partial charge in [0, 0.05) is 6.54 Å². The molecule has 0 radical (unpaired) electrons. The van der Waals surface area contributed by atoms with Gasteiger partial charge in [0.25, 0.3) is 5.91 Å². The predicted octanol–water partition coefficient (Wildman–Crippen LogP) is 2.45. The van der Waals surface area contributed by atoms with Gasteiger partial charge >= 0.3 is 5.97 Å². The maximum Gasteiger partial charge on any atom is 0.309 e. The third kappa shape index (κ3) is 5.28. The van der Waals surface area contributed by atoms with Gasteiger partial charge in [-0.15, -0.1) is 0 Å². The smallest absolute Gasteiger partial charge is 0.309 e. The van der Waals surface area contributed by atoms with Crippen molar-refractivity contribution < 1.29 is 28.5 Å². The maximum absolute atomic E-state index is 12.0. The largest absolute Gasteiger partial charge is 0.493 e. The Morgan fingerprint density at radius 3 is 2.15 bits per heavy atom. The lowest BCUT2D eigenvalue weighted by molar-refractivity contribution is -0.153. The molecule has 1 aliphatic rings. The quantitative estimate of drug-likeness (QED) is 0.713. The second-order valence-electron chi connectivity index (χ2n) is 6.25. The van der Waals surface area contributed by atoms with Crippen molar-refractivity contribution >= 4 is 11.9 Å². The normalized spacial score (nSPS) is 14.4. The van der Waals surface area contributed by atoms with Crippen LogP contribution in [0.1, 0.15) is 37.7 Å². The van der Waals surface area contributed by atoms with Gasteiger partial charge in [-0.1, -0.05) is 19.3 Å². The zero-order valence-corrected chi connectivity index (χ0v) is 15.6. The second kappa shape index (κ2) is 9.89. The summed E-state index contributed by atoms with van der Waals surface area (Å²) in [7, 11) is 4.59. The number of nitrogens with one attached hydrogen (secondary N) is 1. The Hall–Kier alpha value is -2.44. The summed E-state index contributed by atoms with van der Waals surface area (Å²) >= 11 is 0. The molecule has 2 rings (SSSR count). The van der Waals surface area contributed by atoms with Gasteiger partial charge in [0.1, 0.15) is 0 Å². The molecule has 1 aromatic rings. The Bertz CT molecular complexity index is 599. The Morgan fingerprint density at radius 1 is 1.00 bits per heavy atom. The number of methoxy groups -OCH3 is 3. The fourth-order valence-corrected chi connectivity index (χ4v) is 3.08. The number of esters is 1. The summed E-state index contributed by atoms with van der Waals surface area (Å²) in [5.41, 5.74) is 0.784. The molecule has 0 heterocycles. The standard InChI is InChI=1S/C19H27NO6/c1-23-15-9-13(10-16(24-2)18(15)25-3)11-20-17(21)12-26-19(22)14-7-5-4-6-8-14/h9-10,14H,4-8,11-12H2,1-3H3,(H,20,21). The number of hydrogen-bond donors (Lipinski definition) is 1. The molecule has 0 unspecified atom stereocenters.